The molecule has 1 aliphatic rings. The van der Waals surface area contributed by atoms with Crippen molar-refractivity contribution in [3.05, 3.63) is 58.7 Å². The largest absolute Gasteiger partial charge is 0.508 e. The van der Waals surface area contributed by atoms with Gasteiger partial charge in [0.25, 0.3) is 0 Å². The molecule has 2 aromatic carbocycles. The maximum atomic E-state index is 13.7. The van der Waals surface area contributed by atoms with Gasteiger partial charge in [-0.05, 0) is 66.0 Å². The van der Waals surface area contributed by atoms with Gasteiger partial charge in [0.05, 0.1) is 5.69 Å². The van der Waals surface area contributed by atoms with E-state index in [4.69, 9.17) is 0 Å². The monoisotopic (exact) mass is 373 g/mol. The van der Waals surface area contributed by atoms with Crippen LogP contribution in [0.1, 0.15) is 49.3 Å². The van der Waals surface area contributed by atoms with Crippen LogP contribution in [-0.4, -0.2) is 18.1 Å². The number of carbonyl (C=O) groups excluding carboxylic acids is 1. The predicted molar refractivity (Wildman–Crippen MR) is 102 cm³/mol. The Balaban J connectivity index is 1.76. The van der Waals surface area contributed by atoms with E-state index in [-0.39, 0.29) is 23.5 Å². The molecule has 0 radical (unpaired) electrons. The van der Waals surface area contributed by atoms with Crippen LogP contribution in [0.25, 0.3) is 0 Å². The number of rotatable bonds is 5. The van der Waals surface area contributed by atoms with Crippen molar-refractivity contribution in [2.45, 2.75) is 45.4 Å². The molecule has 1 N–H and O–H groups in total. The highest BCUT2D eigenvalue weighted by atomic mass is 19.2. The van der Waals surface area contributed by atoms with Gasteiger partial charge in [-0.1, -0.05) is 19.9 Å². The second-order valence-electron chi connectivity index (χ2n) is 7.41. The van der Waals surface area contributed by atoms with Gasteiger partial charge >= 0.3 is 0 Å². The minimum Gasteiger partial charge on any atom is -0.508 e. The summed E-state index contributed by atoms with van der Waals surface area (Å²) in [5, 5.41) is 9.77. The molecule has 3 rings (SSSR count). The van der Waals surface area contributed by atoms with Crippen molar-refractivity contribution in [2.75, 3.05) is 11.9 Å². The lowest BCUT2D eigenvalue weighted by Crippen LogP contribution is -2.29. The molecule has 5 heteroatoms. The maximum absolute atomic E-state index is 13.7. The fourth-order valence-corrected chi connectivity index (χ4v) is 4.08. The molecule has 2 atom stereocenters. The number of nitrogens with zero attached hydrogens (tertiary/aromatic N) is 1. The van der Waals surface area contributed by atoms with Crippen LogP contribution >= 0.6 is 0 Å². The fourth-order valence-electron chi connectivity index (χ4n) is 4.08. The van der Waals surface area contributed by atoms with E-state index >= 15 is 0 Å². The van der Waals surface area contributed by atoms with Crippen molar-refractivity contribution in [1.29, 1.82) is 0 Å². The summed E-state index contributed by atoms with van der Waals surface area (Å²) in [4.78, 5) is 14.4. The van der Waals surface area contributed by atoms with Gasteiger partial charge < -0.3 is 10.0 Å². The van der Waals surface area contributed by atoms with E-state index < -0.39 is 11.6 Å². The Bertz CT molecular complexity index is 866. The molecule has 3 nitrogen and oxygen atoms in total. The van der Waals surface area contributed by atoms with E-state index in [1.54, 1.807) is 24.1 Å². The molecule has 0 fully saturated rings. The first-order chi connectivity index (χ1) is 12.8. The van der Waals surface area contributed by atoms with Crippen LogP contribution in [0.15, 0.2) is 30.3 Å². The molecule has 0 aromatic heterocycles. The average Bonchev–Trinajstić information content (AvgIpc) is 3.04. The van der Waals surface area contributed by atoms with Gasteiger partial charge in [-0.2, -0.15) is 0 Å². The summed E-state index contributed by atoms with van der Waals surface area (Å²) in [6.07, 6.45) is 2.56. The first-order valence-electron chi connectivity index (χ1n) is 9.38. The van der Waals surface area contributed by atoms with Gasteiger partial charge in [0.15, 0.2) is 11.6 Å². The third-order valence-electron chi connectivity index (χ3n) is 5.67. The Morgan fingerprint density at radius 1 is 1.26 bits per heavy atom. The lowest BCUT2D eigenvalue weighted by Gasteiger charge is -2.25. The van der Waals surface area contributed by atoms with E-state index in [1.807, 2.05) is 19.9 Å². The van der Waals surface area contributed by atoms with Crippen LogP contribution in [0, 0.1) is 17.6 Å². The summed E-state index contributed by atoms with van der Waals surface area (Å²) >= 11 is 0. The molecule has 0 saturated heterocycles. The van der Waals surface area contributed by atoms with E-state index in [0.717, 1.165) is 29.5 Å². The van der Waals surface area contributed by atoms with E-state index in [0.29, 0.717) is 18.5 Å². The third-order valence-corrected chi connectivity index (χ3v) is 5.67. The van der Waals surface area contributed by atoms with Gasteiger partial charge in [-0.25, -0.2) is 8.78 Å². The zero-order valence-electron chi connectivity index (χ0n) is 15.9. The number of fused-ring (bicyclic) bond motifs is 1. The van der Waals surface area contributed by atoms with E-state index in [1.165, 1.54) is 12.1 Å². The highest BCUT2D eigenvalue weighted by Crippen LogP contribution is 2.40. The number of hydrogen-bond donors (Lipinski definition) is 1. The molecule has 0 saturated carbocycles. The molecule has 0 aliphatic heterocycles. The molecule has 144 valence electrons. The Morgan fingerprint density at radius 3 is 2.67 bits per heavy atom. The molecule has 0 spiro atoms. The topological polar surface area (TPSA) is 40.5 Å². The standard InChI is InChI=1S/C22H25F2NO2/c1-4-14-5-7-16(26)11-21(14)25(3)22(27)9-13(2)17-8-6-15-10-19(23)20(24)12-18(15)17/h5,7,10-13,17,26H,4,6,8-9H2,1-3H3. The number of benzene rings is 2. The normalized spacial score (nSPS) is 16.9. The lowest BCUT2D eigenvalue weighted by atomic mass is 9.86. The number of hydrogen-bond acceptors (Lipinski definition) is 2. The van der Waals surface area contributed by atoms with Gasteiger partial charge in [0, 0.05) is 19.5 Å². The van der Waals surface area contributed by atoms with Crippen LogP contribution in [-0.2, 0) is 17.6 Å². The van der Waals surface area contributed by atoms with Crippen LogP contribution in [0.3, 0.4) is 0 Å². The molecule has 1 aliphatic carbocycles. The molecule has 1 amide bonds. The second kappa shape index (κ2) is 7.67. The molecule has 2 aromatic rings. The Labute approximate surface area is 158 Å². The number of aryl methyl sites for hydroxylation is 2. The van der Waals surface area contributed by atoms with Gasteiger partial charge in [0.1, 0.15) is 5.75 Å². The van der Waals surface area contributed by atoms with Crippen molar-refractivity contribution < 1.29 is 18.7 Å². The summed E-state index contributed by atoms with van der Waals surface area (Å²) < 4.78 is 27.1. The third kappa shape index (κ3) is 3.82. The quantitative estimate of drug-likeness (QED) is 0.805. The van der Waals surface area contributed by atoms with Gasteiger partial charge in [-0.15, -0.1) is 0 Å². The summed E-state index contributed by atoms with van der Waals surface area (Å²) in [6, 6.07) is 7.61. The predicted octanol–water partition coefficient (Wildman–Crippen LogP) is 4.95. The number of aromatic hydroxyl groups is 1. The van der Waals surface area contributed by atoms with Crippen molar-refractivity contribution >= 4 is 11.6 Å². The lowest BCUT2D eigenvalue weighted by molar-refractivity contribution is -0.119. The second-order valence-corrected chi connectivity index (χ2v) is 7.41. The molecule has 2 unspecified atom stereocenters. The number of phenolic OH excluding ortho intramolecular Hbond substituents is 1. The van der Waals surface area contributed by atoms with Crippen LogP contribution < -0.4 is 4.90 Å². The molecule has 0 bridgehead atoms. The van der Waals surface area contributed by atoms with Crippen LogP contribution in [0.2, 0.25) is 0 Å². The number of phenols is 1. The van der Waals surface area contributed by atoms with Crippen molar-refractivity contribution in [1.82, 2.24) is 0 Å². The van der Waals surface area contributed by atoms with Gasteiger partial charge in [0.2, 0.25) is 5.91 Å². The van der Waals surface area contributed by atoms with Crippen LogP contribution in [0.4, 0.5) is 14.5 Å². The summed E-state index contributed by atoms with van der Waals surface area (Å²) in [6.45, 7) is 3.98. The smallest absolute Gasteiger partial charge is 0.227 e. The number of anilines is 1. The minimum atomic E-state index is -0.830. The molecule has 0 heterocycles. The first kappa shape index (κ1) is 19.3. The number of amides is 1. The summed E-state index contributed by atoms with van der Waals surface area (Å²) in [5.74, 6) is -1.52. The Kier molecular flexibility index (Phi) is 5.49. The van der Waals surface area contributed by atoms with E-state index in [9.17, 15) is 18.7 Å². The zero-order valence-corrected chi connectivity index (χ0v) is 15.9. The maximum Gasteiger partial charge on any atom is 0.227 e. The minimum absolute atomic E-state index is 0.00782. The SMILES string of the molecule is CCc1ccc(O)cc1N(C)C(=O)CC(C)C1CCc2cc(F)c(F)cc21. The van der Waals surface area contributed by atoms with Crippen molar-refractivity contribution in [2.24, 2.45) is 5.92 Å². The highest BCUT2D eigenvalue weighted by Gasteiger charge is 2.31. The Morgan fingerprint density at radius 2 is 1.96 bits per heavy atom. The summed E-state index contributed by atoms with van der Waals surface area (Å²) in [7, 11) is 1.71. The van der Waals surface area contributed by atoms with Crippen molar-refractivity contribution in [3.63, 3.8) is 0 Å². The molecule has 27 heavy (non-hydrogen) atoms. The fraction of sp³-hybridized carbons (Fsp3) is 0.409. The Hall–Kier alpha value is -2.43. The number of halogens is 2. The van der Waals surface area contributed by atoms with E-state index in [2.05, 4.69) is 0 Å². The zero-order chi connectivity index (χ0) is 19.7. The van der Waals surface area contributed by atoms with Crippen molar-refractivity contribution in [3.8, 4) is 5.75 Å². The number of carbonyl (C=O) groups is 1. The molecular weight excluding hydrogens is 348 g/mol. The first-order valence-corrected chi connectivity index (χ1v) is 9.38. The molecular formula is C22H25F2NO2. The van der Waals surface area contributed by atoms with Crippen LogP contribution in [0.5, 0.6) is 5.75 Å². The highest BCUT2D eigenvalue weighted by molar-refractivity contribution is 5.94. The average molecular weight is 373 g/mol. The summed E-state index contributed by atoms with van der Waals surface area (Å²) in [5.41, 5.74) is 3.35. The van der Waals surface area contributed by atoms with Gasteiger partial charge in [-0.3, -0.25) is 4.79 Å².